The lowest BCUT2D eigenvalue weighted by atomic mass is 10.1. The molecule has 0 aliphatic carbocycles. The van der Waals surface area contributed by atoms with Gasteiger partial charge in [0.15, 0.2) is 5.76 Å². The number of likely N-dealkylation sites (N-methyl/N-ethyl adjacent to an activating group) is 1. The van der Waals surface area contributed by atoms with E-state index in [1.54, 1.807) is 31.1 Å². The van der Waals surface area contributed by atoms with Crippen molar-refractivity contribution in [1.29, 1.82) is 0 Å². The van der Waals surface area contributed by atoms with Crippen LogP contribution in [0.15, 0.2) is 60.4 Å². The molecule has 0 aliphatic heterocycles. The third kappa shape index (κ3) is 9.45. The fourth-order valence-corrected chi connectivity index (χ4v) is 1.90. The van der Waals surface area contributed by atoms with Crippen molar-refractivity contribution in [2.75, 3.05) is 14.1 Å². The summed E-state index contributed by atoms with van der Waals surface area (Å²) < 4.78 is 0. The first kappa shape index (κ1) is 26.4. The molecule has 0 bridgehead atoms. The lowest BCUT2D eigenvalue weighted by Crippen LogP contribution is -2.35. The number of nitrogens with zero attached hydrogens (tertiary/aromatic N) is 2. The van der Waals surface area contributed by atoms with Crippen LogP contribution in [-0.2, 0) is 4.79 Å². The number of aliphatic hydroxyl groups is 1. The van der Waals surface area contributed by atoms with Crippen LogP contribution >= 0.6 is 0 Å². The number of hydrogen-bond acceptors (Lipinski definition) is 4. The SMILES string of the molecule is C=CN=C(C=C)NC(=O)/C(=C(\O)c1ccccc1C)N(C)C.CC.CCC. The third-order valence-electron chi connectivity index (χ3n) is 2.95. The number of carbonyl (C=O) groups excluding carboxylic acids is 1. The van der Waals surface area contributed by atoms with E-state index < -0.39 is 5.91 Å². The van der Waals surface area contributed by atoms with Gasteiger partial charge in [0, 0.05) is 25.9 Å². The van der Waals surface area contributed by atoms with Crippen LogP contribution in [0.4, 0.5) is 0 Å². The van der Waals surface area contributed by atoms with Crippen molar-refractivity contribution in [1.82, 2.24) is 10.2 Å². The zero-order valence-corrected chi connectivity index (χ0v) is 17.8. The van der Waals surface area contributed by atoms with Crippen molar-refractivity contribution in [2.24, 2.45) is 4.99 Å². The van der Waals surface area contributed by atoms with Crippen molar-refractivity contribution in [2.45, 2.75) is 41.0 Å². The van der Waals surface area contributed by atoms with Crippen LogP contribution in [0, 0.1) is 6.92 Å². The average Bonchev–Trinajstić information content (AvgIpc) is 2.63. The fourth-order valence-electron chi connectivity index (χ4n) is 1.90. The molecule has 0 aliphatic rings. The van der Waals surface area contributed by atoms with Gasteiger partial charge in [-0.3, -0.25) is 4.79 Å². The normalized spacial score (nSPS) is 10.9. The Morgan fingerprint density at radius 2 is 1.74 bits per heavy atom. The Hall–Kier alpha value is -2.82. The summed E-state index contributed by atoms with van der Waals surface area (Å²) in [6.45, 7) is 17.2. The van der Waals surface area contributed by atoms with Gasteiger partial charge >= 0.3 is 0 Å². The Bertz CT molecular complexity index is 659. The van der Waals surface area contributed by atoms with Gasteiger partial charge in [-0.2, -0.15) is 0 Å². The number of aliphatic imine (C=N–C) groups is 1. The highest BCUT2D eigenvalue weighted by Crippen LogP contribution is 2.21. The van der Waals surface area contributed by atoms with E-state index >= 15 is 0 Å². The van der Waals surface area contributed by atoms with Gasteiger partial charge in [-0.05, 0) is 18.6 Å². The van der Waals surface area contributed by atoms with E-state index in [0.717, 1.165) is 5.56 Å². The molecule has 0 spiro atoms. The number of amides is 1. The highest BCUT2D eigenvalue weighted by atomic mass is 16.3. The van der Waals surface area contributed by atoms with Gasteiger partial charge in [0.25, 0.3) is 5.91 Å². The summed E-state index contributed by atoms with van der Waals surface area (Å²) >= 11 is 0. The number of amidine groups is 1. The molecule has 27 heavy (non-hydrogen) atoms. The number of hydrogen-bond donors (Lipinski definition) is 2. The molecular formula is C22H35N3O2. The van der Waals surface area contributed by atoms with Crippen LogP contribution in [0.1, 0.15) is 45.2 Å². The first-order chi connectivity index (χ1) is 12.8. The van der Waals surface area contributed by atoms with E-state index in [2.05, 4.69) is 37.3 Å². The van der Waals surface area contributed by atoms with Gasteiger partial charge in [0.2, 0.25) is 0 Å². The van der Waals surface area contributed by atoms with Crippen LogP contribution in [0.25, 0.3) is 5.76 Å². The summed E-state index contributed by atoms with van der Waals surface area (Å²) in [4.78, 5) is 17.9. The summed E-state index contributed by atoms with van der Waals surface area (Å²) in [6.07, 6.45) is 3.95. The first-order valence-electron chi connectivity index (χ1n) is 9.12. The summed E-state index contributed by atoms with van der Waals surface area (Å²) in [5.74, 6) is -0.314. The second-order valence-corrected chi connectivity index (χ2v) is 5.47. The lowest BCUT2D eigenvalue weighted by molar-refractivity contribution is -0.117. The average molecular weight is 374 g/mol. The predicted molar refractivity (Wildman–Crippen MR) is 118 cm³/mol. The molecule has 0 aromatic heterocycles. The number of aliphatic hydroxyl groups excluding tert-OH is 1. The van der Waals surface area contributed by atoms with Crippen molar-refractivity contribution >= 4 is 17.5 Å². The summed E-state index contributed by atoms with van der Waals surface area (Å²) in [7, 11) is 3.36. The number of rotatable bonds is 5. The van der Waals surface area contributed by atoms with Crippen LogP contribution in [0.2, 0.25) is 0 Å². The minimum Gasteiger partial charge on any atom is -0.505 e. The van der Waals surface area contributed by atoms with Gasteiger partial charge in [-0.25, -0.2) is 4.99 Å². The van der Waals surface area contributed by atoms with Crippen LogP contribution in [0.3, 0.4) is 0 Å². The Balaban J connectivity index is 0. The minimum absolute atomic E-state index is 0.0948. The van der Waals surface area contributed by atoms with Crippen LogP contribution in [-0.4, -0.2) is 35.8 Å². The molecule has 150 valence electrons. The van der Waals surface area contributed by atoms with E-state index in [4.69, 9.17) is 0 Å². The highest BCUT2D eigenvalue weighted by molar-refractivity contribution is 6.11. The number of benzene rings is 1. The quantitative estimate of drug-likeness (QED) is 0.328. The Labute approximate surface area is 164 Å². The number of nitrogens with one attached hydrogen (secondary N) is 1. The molecule has 1 aromatic carbocycles. The molecule has 0 fully saturated rings. The van der Waals surface area contributed by atoms with Crippen LogP contribution < -0.4 is 5.32 Å². The monoisotopic (exact) mass is 373 g/mol. The molecule has 5 nitrogen and oxygen atoms in total. The van der Waals surface area contributed by atoms with E-state index in [1.807, 2.05) is 32.9 Å². The Morgan fingerprint density at radius 1 is 1.22 bits per heavy atom. The number of carbonyl (C=O) groups is 1. The summed E-state index contributed by atoms with van der Waals surface area (Å²) in [5, 5.41) is 13.1. The standard InChI is InChI=1S/C17H21N3O2.C3H8.C2H6/c1-6-14(18-7-2)19-17(22)15(20(4)5)16(21)13-11-9-8-10-12(13)3;1-3-2;1-2/h6-11,21H,1-2H2,3-5H3,(H,18,19,22);3H2,1-2H3;1-2H3/b16-15+;;. The Kier molecular flexibility index (Phi) is 15.1. The molecule has 2 N–H and O–H groups in total. The minimum atomic E-state index is -0.480. The molecule has 0 saturated carbocycles. The molecule has 1 amide bonds. The van der Waals surface area contributed by atoms with E-state index in [9.17, 15) is 9.90 Å². The second kappa shape index (κ2) is 15.4. The van der Waals surface area contributed by atoms with Crippen LogP contribution in [0.5, 0.6) is 0 Å². The smallest absolute Gasteiger partial charge is 0.276 e. The zero-order valence-electron chi connectivity index (χ0n) is 17.8. The molecule has 0 unspecified atom stereocenters. The van der Waals surface area contributed by atoms with Gasteiger partial charge in [-0.1, -0.05) is 71.5 Å². The molecular weight excluding hydrogens is 338 g/mol. The van der Waals surface area contributed by atoms with E-state index in [-0.39, 0.29) is 17.3 Å². The first-order valence-corrected chi connectivity index (χ1v) is 9.12. The van der Waals surface area contributed by atoms with Crippen molar-refractivity contribution in [3.05, 3.63) is 66.5 Å². The van der Waals surface area contributed by atoms with Gasteiger partial charge in [-0.15, -0.1) is 0 Å². The lowest BCUT2D eigenvalue weighted by Gasteiger charge is -2.19. The largest absolute Gasteiger partial charge is 0.505 e. The maximum atomic E-state index is 12.4. The molecule has 0 saturated heterocycles. The number of aryl methyl sites for hydroxylation is 1. The van der Waals surface area contributed by atoms with Crippen molar-refractivity contribution in [3.63, 3.8) is 0 Å². The van der Waals surface area contributed by atoms with Crippen molar-refractivity contribution < 1.29 is 9.90 Å². The zero-order chi connectivity index (χ0) is 21.4. The van der Waals surface area contributed by atoms with E-state index in [0.29, 0.717) is 5.56 Å². The van der Waals surface area contributed by atoms with Gasteiger partial charge in [0.05, 0.1) is 0 Å². The molecule has 0 heterocycles. The molecule has 5 heteroatoms. The topological polar surface area (TPSA) is 64.9 Å². The van der Waals surface area contributed by atoms with Gasteiger partial charge in [0.1, 0.15) is 11.5 Å². The highest BCUT2D eigenvalue weighted by Gasteiger charge is 2.20. The molecule has 1 aromatic rings. The molecule has 0 atom stereocenters. The van der Waals surface area contributed by atoms with Crippen molar-refractivity contribution in [3.8, 4) is 0 Å². The molecule has 1 rings (SSSR count). The predicted octanol–water partition coefficient (Wildman–Crippen LogP) is 5.07. The summed E-state index contributed by atoms with van der Waals surface area (Å²) in [5.41, 5.74) is 1.60. The fraction of sp³-hybridized carbons (Fsp3) is 0.364. The second-order valence-electron chi connectivity index (χ2n) is 5.47. The maximum Gasteiger partial charge on any atom is 0.276 e. The Morgan fingerprint density at radius 3 is 2.15 bits per heavy atom. The summed E-state index contributed by atoms with van der Waals surface area (Å²) in [6, 6.07) is 7.30. The maximum absolute atomic E-state index is 12.4. The molecule has 0 radical (unpaired) electrons. The van der Waals surface area contributed by atoms with E-state index in [1.165, 1.54) is 18.7 Å². The third-order valence-corrected chi connectivity index (χ3v) is 2.95. The van der Waals surface area contributed by atoms with Gasteiger partial charge < -0.3 is 15.3 Å².